The van der Waals surface area contributed by atoms with Gasteiger partial charge in [0, 0.05) is 22.6 Å². The number of hydrogen-bond acceptors (Lipinski definition) is 4. The van der Waals surface area contributed by atoms with Gasteiger partial charge in [0.05, 0.1) is 18.1 Å². The molecule has 3 aliphatic rings. The summed E-state index contributed by atoms with van der Waals surface area (Å²) in [5, 5.41) is 5.43. The van der Waals surface area contributed by atoms with Crippen molar-refractivity contribution in [2.24, 2.45) is 28.8 Å². The number of carbonyl (C=O) groups excluding carboxylic acids is 2. The van der Waals surface area contributed by atoms with Gasteiger partial charge in [-0.25, -0.2) is 0 Å². The number of hydrazone groups is 1. The maximum atomic E-state index is 12.8. The number of rotatable bonds is 6. The van der Waals surface area contributed by atoms with E-state index >= 15 is 0 Å². The van der Waals surface area contributed by atoms with Crippen molar-refractivity contribution in [3.8, 4) is 11.4 Å². The molecular formula is C25H25N3O3. The minimum Gasteiger partial charge on any atom is -0.490 e. The fraction of sp³-hybridized carbons (Fsp3) is 0.320. The SMILES string of the molecule is C=CCOc1ccc(-n2c(C)cc(C=NN3C(=O)[C@@H]4[C@H](C3=O)[C@H]3C=C[C@H]4C3)c2C)cc1. The van der Waals surface area contributed by atoms with Crippen molar-refractivity contribution in [2.45, 2.75) is 20.3 Å². The maximum Gasteiger partial charge on any atom is 0.254 e. The number of amides is 2. The molecule has 158 valence electrons. The zero-order chi connectivity index (χ0) is 21.7. The Labute approximate surface area is 181 Å². The number of carbonyl (C=O) groups is 2. The molecule has 1 aromatic heterocycles. The summed E-state index contributed by atoms with van der Waals surface area (Å²) < 4.78 is 7.67. The largest absolute Gasteiger partial charge is 0.490 e. The summed E-state index contributed by atoms with van der Waals surface area (Å²) in [5.74, 6) is 0.389. The summed E-state index contributed by atoms with van der Waals surface area (Å²) in [5.41, 5.74) is 3.91. The molecule has 1 aliphatic heterocycles. The summed E-state index contributed by atoms with van der Waals surface area (Å²) in [6.45, 7) is 8.15. The summed E-state index contributed by atoms with van der Waals surface area (Å²) in [6.07, 6.45) is 8.44. The Hall–Kier alpha value is -3.41. The predicted octanol–water partition coefficient (Wildman–Crippen LogP) is 3.80. The first-order chi connectivity index (χ1) is 15.0. The van der Waals surface area contributed by atoms with E-state index in [2.05, 4.69) is 28.4 Å². The van der Waals surface area contributed by atoms with Crippen LogP contribution < -0.4 is 4.74 Å². The van der Waals surface area contributed by atoms with Gasteiger partial charge in [-0.2, -0.15) is 10.1 Å². The Morgan fingerprint density at radius 1 is 1.10 bits per heavy atom. The Bertz CT molecular complexity index is 1100. The molecule has 0 radical (unpaired) electrons. The third-order valence-corrected chi connectivity index (χ3v) is 6.69. The average molecular weight is 415 g/mol. The Kier molecular flexibility index (Phi) is 4.65. The molecular weight excluding hydrogens is 390 g/mol. The van der Waals surface area contributed by atoms with Crippen LogP contribution in [0.4, 0.5) is 0 Å². The molecule has 2 bridgehead atoms. The molecule has 6 nitrogen and oxygen atoms in total. The van der Waals surface area contributed by atoms with Crippen molar-refractivity contribution in [3.63, 3.8) is 0 Å². The monoisotopic (exact) mass is 415 g/mol. The fourth-order valence-corrected chi connectivity index (χ4v) is 5.28. The third-order valence-electron chi connectivity index (χ3n) is 6.69. The second-order valence-electron chi connectivity index (χ2n) is 8.49. The molecule has 2 heterocycles. The van der Waals surface area contributed by atoms with Crippen molar-refractivity contribution in [1.29, 1.82) is 0 Å². The number of benzene rings is 1. The number of ether oxygens (including phenoxy) is 1. The molecule has 2 aromatic rings. The number of allylic oxidation sites excluding steroid dienone is 2. The van der Waals surface area contributed by atoms with Crippen molar-refractivity contribution < 1.29 is 14.3 Å². The van der Waals surface area contributed by atoms with Gasteiger partial charge in [-0.15, -0.1) is 0 Å². The van der Waals surface area contributed by atoms with Crippen LogP contribution in [0.3, 0.4) is 0 Å². The second kappa shape index (κ2) is 7.38. The van der Waals surface area contributed by atoms with Crippen molar-refractivity contribution in [1.82, 2.24) is 9.58 Å². The first kappa shape index (κ1) is 19.5. The highest BCUT2D eigenvalue weighted by Gasteiger charge is 2.59. The number of aromatic nitrogens is 1. The van der Waals surface area contributed by atoms with Crippen LogP contribution in [0, 0.1) is 37.5 Å². The lowest BCUT2D eigenvalue weighted by Gasteiger charge is -2.13. The van der Waals surface area contributed by atoms with Gasteiger partial charge in [0.25, 0.3) is 11.8 Å². The lowest BCUT2D eigenvalue weighted by Crippen LogP contribution is -2.28. The van der Waals surface area contributed by atoms with Gasteiger partial charge < -0.3 is 9.30 Å². The molecule has 1 saturated heterocycles. The van der Waals surface area contributed by atoms with Gasteiger partial charge in [0.15, 0.2) is 0 Å². The quantitative estimate of drug-likeness (QED) is 0.410. The molecule has 1 aromatic carbocycles. The van der Waals surface area contributed by atoms with Crippen molar-refractivity contribution in [2.75, 3.05) is 6.61 Å². The zero-order valence-corrected chi connectivity index (χ0v) is 17.7. The van der Waals surface area contributed by atoms with E-state index in [-0.39, 0.29) is 35.5 Å². The molecule has 5 rings (SSSR count). The van der Waals surface area contributed by atoms with Crippen LogP contribution in [0.15, 0.2) is 60.2 Å². The van der Waals surface area contributed by atoms with Crippen LogP contribution in [-0.4, -0.2) is 34.2 Å². The molecule has 31 heavy (non-hydrogen) atoms. The average Bonchev–Trinajstić information content (AvgIpc) is 3.50. The lowest BCUT2D eigenvalue weighted by atomic mass is 9.85. The standard InChI is InChI=1S/C25H25N3O3/c1-4-11-31-21-9-7-20(8-10-21)27-15(2)12-19(16(27)3)14-26-28-24(29)22-17-5-6-18(13-17)23(22)25(28)30/h4-10,12,14,17-18,22-23H,1,11,13H2,2-3H3/t17-,18-,22-,23+/m0/s1. The van der Waals surface area contributed by atoms with Gasteiger partial charge >= 0.3 is 0 Å². The van der Waals surface area contributed by atoms with Gasteiger partial charge in [0.2, 0.25) is 0 Å². The fourth-order valence-electron chi connectivity index (χ4n) is 5.28. The normalized spacial score (nSPS) is 26.3. The van der Waals surface area contributed by atoms with E-state index in [1.54, 1.807) is 12.3 Å². The molecule has 2 fully saturated rings. The number of fused-ring (bicyclic) bond motifs is 5. The van der Waals surface area contributed by atoms with Gasteiger partial charge in [0.1, 0.15) is 12.4 Å². The van der Waals surface area contributed by atoms with Gasteiger partial charge in [-0.1, -0.05) is 24.8 Å². The van der Waals surface area contributed by atoms with E-state index in [0.717, 1.165) is 39.8 Å². The van der Waals surface area contributed by atoms with Crippen LogP contribution in [0.1, 0.15) is 23.4 Å². The lowest BCUT2D eigenvalue weighted by molar-refractivity contribution is -0.140. The zero-order valence-electron chi connectivity index (χ0n) is 17.7. The van der Waals surface area contributed by atoms with E-state index in [4.69, 9.17) is 4.74 Å². The highest BCUT2D eigenvalue weighted by Crippen LogP contribution is 2.52. The van der Waals surface area contributed by atoms with Crippen LogP contribution >= 0.6 is 0 Å². The minimum atomic E-state index is -0.228. The summed E-state index contributed by atoms with van der Waals surface area (Å²) in [7, 11) is 0. The van der Waals surface area contributed by atoms with Crippen molar-refractivity contribution >= 4 is 18.0 Å². The topological polar surface area (TPSA) is 63.9 Å². The number of hydrogen-bond donors (Lipinski definition) is 0. The van der Waals surface area contributed by atoms with E-state index in [0.29, 0.717) is 6.61 Å². The first-order valence-corrected chi connectivity index (χ1v) is 10.6. The summed E-state index contributed by atoms with van der Waals surface area (Å²) in [6, 6.07) is 9.86. The second-order valence-corrected chi connectivity index (χ2v) is 8.49. The van der Waals surface area contributed by atoms with E-state index in [1.807, 2.05) is 44.2 Å². The highest BCUT2D eigenvalue weighted by molar-refractivity contribution is 6.06. The maximum absolute atomic E-state index is 12.8. The van der Waals surface area contributed by atoms with E-state index in [9.17, 15) is 9.59 Å². The molecule has 2 aliphatic carbocycles. The van der Waals surface area contributed by atoms with Gasteiger partial charge in [-0.3, -0.25) is 9.59 Å². The molecule has 4 atom stereocenters. The Morgan fingerprint density at radius 3 is 2.35 bits per heavy atom. The molecule has 0 N–H and O–H groups in total. The number of aryl methyl sites for hydroxylation is 1. The minimum absolute atomic E-state index is 0.160. The van der Waals surface area contributed by atoms with Gasteiger partial charge in [-0.05, 0) is 62.4 Å². The van der Waals surface area contributed by atoms with Crippen LogP contribution in [0.2, 0.25) is 0 Å². The summed E-state index contributed by atoms with van der Waals surface area (Å²) in [4.78, 5) is 25.7. The Morgan fingerprint density at radius 2 is 1.74 bits per heavy atom. The van der Waals surface area contributed by atoms with Crippen LogP contribution in [0.5, 0.6) is 5.75 Å². The van der Waals surface area contributed by atoms with E-state index in [1.165, 1.54) is 0 Å². The highest BCUT2D eigenvalue weighted by atomic mass is 16.5. The molecule has 0 spiro atoms. The first-order valence-electron chi connectivity index (χ1n) is 10.6. The van der Waals surface area contributed by atoms with Crippen molar-refractivity contribution in [3.05, 3.63) is 72.1 Å². The number of imide groups is 1. The molecule has 2 amide bonds. The molecule has 1 saturated carbocycles. The third kappa shape index (κ3) is 3.05. The van der Waals surface area contributed by atoms with Crippen LogP contribution in [-0.2, 0) is 9.59 Å². The van der Waals surface area contributed by atoms with Crippen LogP contribution in [0.25, 0.3) is 5.69 Å². The smallest absolute Gasteiger partial charge is 0.254 e. The summed E-state index contributed by atoms with van der Waals surface area (Å²) >= 11 is 0. The Balaban J connectivity index is 1.38. The molecule has 0 unspecified atom stereocenters. The number of nitrogens with zero attached hydrogens (tertiary/aromatic N) is 3. The van der Waals surface area contributed by atoms with E-state index < -0.39 is 0 Å². The predicted molar refractivity (Wildman–Crippen MR) is 118 cm³/mol. The molecule has 6 heteroatoms.